The lowest BCUT2D eigenvalue weighted by atomic mass is 10.1. The van der Waals surface area contributed by atoms with Crippen molar-refractivity contribution in [1.29, 1.82) is 0 Å². The topological polar surface area (TPSA) is 51.4 Å². The summed E-state index contributed by atoms with van der Waals surface area (Å²) in [6, 6.07) is 8.17. The third kappa shape index (κ3) is 5.15. The van der Waals surface area contributed by atoms with Gasteiger partial charge in [0.25, 0.3) is 0 Å². The van der Waals surface area contributed by atoms with Crippen LogP contribution in [0.1, 0.15) is 38.0 Å². The van der Waals surface area contributed by atoms with Crippen LogP contribution in [0.4, 0.5) is 0 Å². The summed E-state index contributed by atoms with van der Waals surface area (Å²) in [7, 11) is 2.04. The van der Waals surface area contributed by atoms with E-state index in [1.54, 1.807) is 0 Å². The fraction of sp³-hybridized carbons (Fsp3) is 0.529. The van der Waals surface area contributed by atoms with Crippen LogP contribution in [-0.2, 0) is 19.5 Å². The molecule has 0 radical (unpaired) electrons. The van der Waals surface area contributed by atoms with Crippen molar-refractivity contribution >= 4 is 0 Å². The number of rotatable bonds is 8. The van der Waals surface area contributed by atoms with Gasteiger partial charge in [0.15, 0.2) is 5.82 Å². The molecule has 0 fully saturated rings. The Morgan fingerprint density at radius 1 is 1.18 bits per heavy atom. The minimum Gasteiger partial charge on any atom is -0.494 e. The van der Waals surface area contributed by atoms with E-state index in [1.807, 2.05) is 26.1 Å². The largest absolute Gasteiger partial charge is 0.494 e. The molecule has 0 bridgehead atoms. The van der Waals surface area contributed by atoms with Gasteiger partial charge in [-0.3, -0.25) is 4.90 Å². The molecule has 0 unspecified atom stereocenters. The molecule has 22 heavy (non-hydrogen) atoms. The van der Waals surface area contributed by atoms with E-state index in [2.05, 4.69) is 41.0 Å². The number of aromatic nitrogens is 2. The second-order valence-electron chi connectivity index (χ2n) is 5.95. The maximum Gasteiger partial charge on any atom is 0.240 e. The van der Waals surface area contributed by atoms with Crippen molar-refractivity contribution in [3.63, 3.8) is 0 Å². The van der Waals surface area contributed by atoms with E-state index < -0.39 is 0 Å². The summed E-state index contributed by atoms with van der Waals surface area (Å²) >= 11 is 0. The normalized spacial score (nSPS) is 11.4. The van der Waals surface area contributed by atoms with Crippen molar-refractivity contribution in [3.8, 4) is 5.75 Å². The van der Waals surface area contributed by atoms with Gasteiger partial charge in [-0.1, -0.05) is 31.1 Å². The highest BCUT2D eigenvalue weighted by molar-refractivity contribution is 5.27. The first-order valence-electron chi connectivity index (χ1n) is 7.78. The van der Waals surface area contributed by atoms with Crippen LogP contribution in [0.25, 0.3) is 0 Å². The highest BCUT2D eigenvalue weighted by Crippen LogP contribution is 2.14. The lowest BCUT2D eigenvalue weighted by molar-refractivity contribution is 0.260. The van der Waals surface area contributed by atoms with Crippen LogP contribution in [0, 0.1) is 5.92 Å². The van der Waals surface area contributed by atoms with Gasteiger partial charge in [-0.2, -0.15) is 4.98 Å². The summed E-state index contributed by atoms with van der Waals surface area (Å²) in [4.78, 5) is 6.59. The van der Waals surface area contributed by atoms with Crippen molar-refractivity contribution in [3.05, 3.63) is 41.5 Å². The number of nitrogens with zero attached hydrogens (tertiary/aromatic N) is 3. The Morgan fingerprint density at radius 2 is 1.91 bits per heavy atom. The van der Waals surface area contributed by atoms with Gasteiger partial charge in [0.05, 0.1) is 13.2 Å². The summed E-state index contributed by atoms with van der Waals surface area (Å²) < 4.78 is 10.8. The van der Waals surface area contributed by atoms with Crippen molar-refractivity contribution in [2.45, 2.75) is 40.3 Å². The van der Waals surface area contributed by atoms with E-state index in [-0.39, 0.29) is 0 Å². The molecule has 120 valence electrons. The van der Waals surface area contributed by atoms with Gasteiger partial charge in [0.1, 0.15) is 5.75 Å². The van der Waals surface area contributed by atoms with Crippen molar-refractivity contribution in [1.82, 2.24) is 15.0 Å². The fourth-order valence-electron chi connectivity index (χ4n) is 2.26. The smallest absolute Gasteiger partial charge is 0.240 e. The Morgan fingerprint density at radius 3 is 2.55 bits per heavy atom. The summed E-state index contributed by atoms with van der Waals surface area (Å²) in [6.45, 7) is 8.45. The fourth-order valence-corrected chi connectivity index (χ4v) is 2.26. The lowest BCUT2D eigenvalue weighted by Crippen LogP contribution is -2.17. The van der Waals surface area contributed by atoms with E-state index in [9.17, 15) is 0 Å². The highest BCUT2D eigenvalue weighted by atomic mass is 16.5. The Balaban J connectivity index is 1.86. The molecule has 1 heterocycles. The highest BCUT2D eigenvalue weighted by Gasteiger charge is 2.10. The third-order valence-electron chi connectivity index (χ3n) is 3.19. The van der Waals surface area contributed by atoms with E-state index in [1.165, 1.54) is 5.56 Å². The first-order valence-corrected chi connectivity index (χ1v) is 7.78. The zero-order valence-corrected chi connectivity index (χ0v) is 13.9. The Kier molecular flexibility index (Phi) is 5.95. The summed E-state index contributed by atoms with van der Waals surface area (Å²) in [6.07, 6.45) is 0.853. The van der Waals surface area contributed by atoms with E-state index in [0.29, 0.717) is 25.0 Å². The third-order valence-corrected chi connectivity index (χ3v) is 3.19. The van der Waals surface area contributed by atoms with Gasteiger partial charge in [0, 0.05) is 13.0 Å². The van der Waals surface area contributed by atoms with Gasteiger partial charge in [0.2, 0.25) is 5.89 Å². The van der Waals surface area contributed by atoms with Crippen molar-refractivity contribution in [2.75, 3.05) is 13.7 Å². The number of hydrogen-bond acceptors (Lipinski definition) is 5. The van der Waals surface area contributed by atoms with Gasteiger partial charge < -0.3 is 9.26 Å². The molecule has 0 aliphatic rings. The van der Waals surface area contributed by atoms with Gasteiger partial charge in [-0.15, -0.1) is 0 Å². The zero-order chi connectivity index (χ0) is 15.9. The van der Waals surface area contributed by atoms with Crippen molar-refractivity contribution < 1.29 is 9.26 Å². The molecule has 0 amide bonds. The van der Waals surface area contributed by atoms with E-state index >= 15 is 0 Å². The number of hydrogen-bond donors (Lipinski definition) is 0. The maximum atomic E-state index is 5.45. The molecule has 0 saturated carbocycles. The van der Waals surface area contributed by atoms with E-state index in [0.717, 1.165) is 24.5 Å². The SMILES string of the molecule is CCOc1ccc(CN(C)Cc2nc(CC(C)C)no2)cc1. The standard InChI is InChI=1S/C17H25N3O2/c1-5-21-15-8-6-14(7-9-15)11-20(4)12-17-18-16(19-22-17)10-13(2)3/h6-9,13H,5,10-12H2,1-4H3. The Bertz CT molecular complexity index is 564. The van der Waals surface area contributed by atoms with Gasteiger partial charge in [-0.25, -0.2) is 0 Å². The summed E-state index contributed by atoms with van der Waals surface area (Å²) in [5.74, 6) is 2.90. The molecule has 5 heteroatoms. The number of benzene rings is 1. The number of ether oxygens (including phenoxy) is 1. The average molecular weight is 303 g/mol. The van der Waals surface area contributed by atoms with Crippen LogP contribution in [0.15, 0.2) is 28.8 Å². The molecular formula is C17H25N3O2. The second kappa shape index (κ2) is 7.94. The van der Waals surface area contributed by atoms with Gasteiger partial charge >= 0.3 is 0 Å². The van der Waals surface area contributed by atoms with Crippen molar-refractivity contribution in [2.24, 2.45) is 5.92 Å². The predicted molar refractivity (Wildman–Crippen MR) is 85.6 cm³/mol. The Labute approximate surface area is 132 Å². The average Bonchev–Trinajstić information content (AvgIpc) is 2.87. The minimum absolute atomic E-state index is 0.534. The van der Waals surface area contributed by atoms with Crippen LogP contribution in [0.2, 0.25) is 0 Å². The molecule has 0 aliphatic carbocycles. The zero-order valence-electron chi connectivity index (χ0n) is 13.9. The molecule has 0 saturated heterocycles. The lowest BCUT2D eigenvalue weighted by Gasteiger charge is -2.14. The van der Waals surface area contributed by atoms with E-state index in [4.69, 9.17) is 9.26 Å². The molecule has 5 nitrogen and oxygen atoms in total. The summed E-state index contributed by atoms with van der Waals surface area (Å²) in [5.41, 5.74) is 1.23. The first kappa shape index (κ1) is 16.5. The molecule has 0 atom stereocenters. The van der Waals surface area contributed by atoms with Crippen LogP contribution >= 0.6 is 0 Å². The molecule has 0 spiro atoms. The Hall–Kier alpha value is -1.88. The minimum atomic E-state index is 0.534. The van der Waals surface area contributed by atoms with Crippen LogP contribution < -0.4 is 4.74 Å². The van der Waals surface area contributed by atoms with Crippen LogP contribution in [0.5, 0.6) is 5.75 Å². The monoisotopic (exact) mass is 303 g/mol. The first-order chi connectivity index (χ1) is 10.6. The van der Waals surface area contributed by atoms with Crippen LogP contribution in [-0.4, -0.2) is 28.7 Å². The molecule has 0 N–H and O–H groups in total. The second-order valence-corrected chi connectivity index (χ2v) is 5.95. The quantitative estimate of drug-likeness (QED) is 0.749. The molecule has 1 aromatic heterocycles. The van der Waals surface area contributed by atoms with Gasteiger partial charge in [-0.05, 0) is 37.6 Å². The summed E-state index contributed by atoms with van der Waals surface area (Å²) in [5, 5.41) is 4.02. The maximum absolute atomic E-state index is 5.45. The molecule has 2 rings (SSSR count). The molecular weight excluding hydrogens is 278 g/mol. The van der Waals surface area contributed by atoms with Crippen LogP contribution in [0.3, 0.4) is 0 Å². The molecule has 0 aliphatic heterocycles. The molecule has 2 aromatic rings. The predicted octanol–water partition coefficient (Wildman–Crippen LogP) is 3.30. The molecule has 1 aromatic carbocycles.